The van der Waals surface area contributed by atoms with E-state index in [2.05, 4.69) is 0 Å². The molecular weight excluding hydrogens is 226 g/mol. The van der Waals surface area contributed by atoms with E-state index < -0.39 is 19.0 Å². The first kappa shape index (κ1) is 11.2. The second kappa shape index (κ2) is 7.70. The van der Waals surface area contributed by atoms with Gasteiger partial charge in [0.1, 0.15) is 0 Å². The number of piperidine rings is 1. The van der Waals surface area contributed by atoms with Crippen LogP contribution in [0, 0.1) is 5.92 Å². The number of nitrogens with zero attached hydrogens (tertiary/aromatic N) is 1. The lowest BCUT2D eigenvalue weighted by Gasteiger charge is -2.36. The molecule has 1 fully saturated rings. The quantitative estimate of drug-likeness (QED) is 0.742. The molecule has 0 bridgehead atoms. The van der Waals surface area contributed by atoms with E-state index in [0.717, 1.165) is 13.0 Å². The molecule has 0 aromatic carbocycles. The van der Waals surface area contributed by atoms with Crippen LogP contribution < -0.4 is 0 Å². The van der Waals surface area contributed by atoms with Gasteiger partial charge in [-0.3, -0.25) is 9.69 Å². The van der Waals surface area contributed by atoms with Crippen molar-refractivity contribution in [2.24, 2.45) is 5.92 Å². The largest absolute Gasteiger partial charge is 0.391 e. The van der Waals surface area contributed by atoms with Crippen molar-refractivity contribution in [2.75, 3.05) is 13.6 Å². The molecule has 18 heavy (non-hydrogen) atoms. The summed E-state index contributed by atoms with van der Waals surface area (Å²) in [6.45, 7) is 0.885. The first-order chi connectivity index (χ1) is 9.72. The topological polar surface area (TPSA) is 40.5 Å². The molecule has 1 aliphatic rings. The molecule has 3 nitrogen and oxygen atoms in total. The fourth-order valence-electron chi connectivity index (χ4n) is 2.45. The van der Waals surface area contributed by atoms with Gasteiger partial charge in [-0.15, -0.1) is 0 Å². The van der Waals surface area contributed by atoms with Gasteiger partial charge in [-0.25, -0.2) is 0 Å². The number of likely N-dealkylation sites (tertiary alicyclic amines) is 1. The molecule has 0 aliphatic carbocycles. The third-order valence-corrected chi connectivity index (χ3v) is 3.63. The van der Waals surface area contributed by atoms with Gasteiger partial charge < -0.3 is 5.11 Å². The molecule has 1 aliphatic heterocycles. The standard InChI is InChI=1S/C15H27NO2/c1-4-5-6-7-9-12(2)15(18)14-13(17)10-8-11-16(14)3/h6-7,12,14-15,18H,4-5,8-11H2,1-3H3/t12-,14-,15?/m1/s1/i1D3. The van der Waals surface area contributed by atoms with Gasteiger partial charge in [0.2, 0.25) is 0 Å². The summed E-state index contributed by atoms with van der Waals surface area (Å²) in [7, 11) is 1.88. The molecule has 0 aromatic heterocycles. The number of Topliss-reactive ketones (excluding diaryl/α,β-unsaturated/α-hetero) is 1. The lowest BCUT2D eigenvalue weighted by atomic mass is 9.88. The number of carbonyl (C=O) groups is 1. The molecule has 0 saturated carbocycles. The fraction of sp³-hybridized carbons (Fsp3) is 0.800. The molecule has 1 saturated heterocycles. The Bertz CT molecular complexity index is 368. The van der Waals surface area contributed by atoms with Crippen molar-refractivity contribution in [1.82, 2.24) is 4.90 Å². The predicted octanol–water partition coefficient (Wildman–Crippen LogP) is 2.39. The Labute approximate surface area is 115 Å². The maximum atomic E-state index is 12.0. The van der Waals surface area contributed by atoms with Gasteiger partial charge in [0.05, 0.1) is 12.1 Å². The molecular formula is C15H27NO2. The van der Waals surface area contributed by atoms with Gasteiger partial charge in [0.15, 0.2) is 5.78 Å². The molecule has 1 unspecified atom stereocenters. The zero-order valence-corrected chi connectivity index (χ0v) is 11.4. The van der Waals surface area contributed by atoms with Crippen molar-refractivity contribution in [3.05, 3.63) is 12.2 Å². The highest BCUT2D eigenvalue weighted by Crippen LogP contribution is 2.21. The van der Waals surface area contributed by atoms with Crippen LogP contribution in [-0.2, 0) is 4.79 Å². The molecule has 104 valence electrons. The zero-order chi connectivity index (χ0) is 16.0. The van der Waals surface area contributed by atoms with Crippen LogP contribution in [0.15, 0.2) is 12.2 Å². The lowest BCUT2D eigenvalue weighted by molar-refractivity contribution is -0.132. The third-order valence-electron chi connectivity index (χ3n) is 3.63. The van der Waals surface area contributed by atoms with Crippen molar-refractivity contribution < 1.29 is 14.0 Å². The summed E-state index contributed by atoms with van der Waals surface area (Å²) < 4.78 is 21.3. The van der Waals surface area contributed by atoms with Crippen LogP contribution in [-0.4, -0.2) is 41.5 Å². The monoisotopic (exact) mass is 256 g/mol. The molecule has 3 atom stereocenters. The second-order valence-corrected chi connectivity index (χ2v) is 5.21. The summed E-state index contributed by atoms with van der Waals surface area (Å²) in [4.78, 5) is 13.9. The summed E-state index contributed by atoms with van der Waals surface area (Å²) in [5.74, 6) is 0.0954. The van der Waals surface area contributed by atoms with E-state index in [1.807, 2.05) is 31.0 Å². The van der Waals surface area contributed by atoms with Crippen molar-refractivity contribution in [2.45, 2.75) is 58.0 Å². The van der Waals surface area contributed by atoms with Crippen LogP contribution in [0.1, 0.15) is 50.0 Å². The Morgan fingerprint density at radius 2 is 2.39 bits per heavy atom. The Morgan fingerprint density at radius 3 is 3.06 bits per heavy atom. The van der Waals surface area contributed by atoms with Crippen LogP contribution in [0.5, 0.6) is 0 Å². The Balaban J connectivity index is 2.41. The molecule has 3 heteroatoms. The number of hydrogen-bond donors (Lipinski definition) is 1. The van der Waals surface area contributed by atoms with Crippen LogP contribution >= 0.6 is 0 Å². The first-order valence-electron chi connectivity index (χ1n) is 8.28. The summed E-state index contributed by atoms with van der Waals surface area (Å²) in [5, 5.41) is 10.4. The third kappa shape index (κ3) is 4.21. The minimum atomic E-state index is -1.88. The average molecular weight is 256 g/mol. The van der Waals surface area contributed by atoms with Gasteiger partial charge in [-0.2, -0.15) is 0 Å². The molecule has 1 rings (SSSR count). The molecule has 1 heterocycles. The molecule has 0 aromatic rings. The highest BCUT2D eigenvalue weighted by molar-refractivity contribution is 5.85. The number of allylic oxidation sites excluding steroid dienone is 2. The SMILES string of the molecule is [2H]C([2H])([2H])CCC=CC[C@@H](C)C(O)[C@H]1C(=O)CCCN1C. The smallest absolute Gasteiger partial charge is 0.152 e. The van der Waals surface area contributed by atoms with Crippen LogP contribution in [0.3, 0.4) is 0 Å². The summed E-state index contributed by atoms with van der Waals surface area (Å²) in [6.07, 6.45) is 5.84. The molecule has 0 spiro atoms. The lowest BCUT2D eigenvalue weighted by Crippen LogP contribution is -2.52. The minimum absolute atomic E-state index is 0.0245. The molecule has 0 radical (unpaired) electrons. The van der Waals surface area contributed by atoms with E-state index in [4.69, 9.17) is 4.11 Å². The van der Waals surface area contributed by atoms with Crippen molar-refractivity contribution in [3.63, 3.8) is 0 Å². The van der Waals surface area contributed by atoms with Crippen molar-refractivity contribution in [3.8, 4) is 0 Å². The van der Waals surface area contributed by atoms with Crippen molar-refractivity contribution >= 4 is 5.78 Å². The van der Waals surface area contributed by atoms with Gasteiger partial charge in [-0.1, -0.05) is 32.3 Å². The van der Waals surface area contributed by atoms with E-state index in [0.29, 0.717) is 19.3 Å². The van der Waals surface area contributed by atoms with E-state index in [-0.39, 0.29) is 18.1 Å². The maximum Gasteiger partial charge on any atom is 0.152 e. The fourth-order valence-corrected chi connectivity index (χ4v) is 2.45. The van der Waals surface area contributed by atoms with Gasteiger partial charge >= 0.3 is 0 Å². The van der Waals surface area contributed by atoms with E-state index in [9.17, 15) is 9.90 Å². The molecule has 0 amide bonds. The summed E-state index contributed by atoms with van der Waals surface area (Å²) in [5.41, 5.74) is 0. The predicted molar refractivity (Wildman–Crippen MR) is 74.5 cm³/mol. The minimum Gasteiger partial charge on any atom is -0.391 e. The number of hydrogen-bond acceptors (Lipinski definition) is 3. The Kier molecular flexibility index (Phi) is 4.78. The molecule has 1 N–H and O–H groups in total. The number of carbonyl (C=O) groups excluding carboxylic acids is 1. The number of aliphatic hydroxyl groups excluding tert-OH is 1. The van der Waals surface area contributed by atoms with Crippen molar-refractivity contribution in [1.29, 1.82) is 0 Å². The number of rotatable bonds is 6. The van der Waals surface area contributed by atoms with Gasteiger partial charge in [-0.05, 0) is 38.8 Å². The van der Waals surface area contributed by atoms with E-state index in [1.165, 1.54) is 0 Å². The Morgan fingerprint density at radius 1 is 1.61 bits per heavy atom. The van der Waals surface area contributed by atoms with E-state index >= 15 is 0 Å². The second-order valence-electron chi connectivity index (χ2n) is 5.21. The van der Waals surface area contributed by atoms with Crippen LogP contribution in [0.4, 0.5) is 0 Å². The van der Waals surface area contributed by atoms with Crippen LogP contribution in [0.2, 0.25) is 0 Å². The average Bonchev–Trinajstić information content (AvgIpc) is 2.36. The summed E-state index contributed by atoms with van der Waals surface area (Å²) >= 11 is 0. The van der Waals surface area contributed by atoms with Gasteiger partial charge in [0.25, 0.3) is 0 Å². The van der Waals surface area contributed by atoms with Crippen LogP contribution in [0.25, 0.3) is 0 Å². The zero-order valence-electron chi connectivity index (χ0n) is 14.4. The van der Waals surface area contributed by atoms with E-state index in [1.54, 1.807) is 0 Å². The highest BCUT2D eigenvalue weighted by atomic mass is 16.3. The normalized spacial score (nSPS) is 28.7. The Hall–Kier alpha value is -0.670. The number of ketones is 1. The highest BCUT2D eigenvalue weighted by Gasteiger charge is 2.35. The van der Waals surface area contributed by atoms with Gasteiger partial charge in [0, 0.05) is 10.5 Å². The first-order valence-corrected chi connectivity index (χ1v) is 6.78. The summed E-state index contributed by atoms with van der Waals surface area (Å²) in [6, 6.07) is -0.399. The number of aliphatic hydroxyl groups is 1. The maximum absolute atomic E-state index is 12.0. The number of likely N-dealkylation sites (N-methyl/N-ethyl adjacent to an activating group) is 1.